The van der Waals surface area contributed by atoms with Gasteiger partial charge in [-0.3, -0.25) is 9.09 Å². The molecule has 4 rings (SSSR count). The molecule has 3 aromatic rings. The van der Waals surface area contributed by atoms with E-state index in [1.165, 1.54) is 17.2 Å². The average molecular weight is 726 g/mol. The van der Waals surface area contributed by atoms with Gasteiger partial charge in [0, 0.05) is 13.1 Å². The molecule has 24 heteroatoms. The minimum atomic E-state index is -5.75. The van der Waals surface area contributed by atoms with Crippen molar-refractivity contribution in [1.82, 2.24) is 24.8 Å². The van der Waals surface area contributed by atoms with Crippen LogP contribution >= 0.6 is 23.5 Å². The van der Waals surface area contributed by atoms with Crippen LogP contribution in [-0.4, -0.2) is 93.4 Å². The second-order valence-electron chi connectivity index (χ2n) is 9.96. The molecule has 1 saturated heterocycles. The fourth-order valence-corrected chi connectivity index (χ4v) is 7.36. The van der Waals surface area contributed by atoms with Crippen LogP contribution in [0.2, 0.25) is 0 Å². The molecule has 6 atom stereocenters. The van der Waals surface area contributed by atoms with Crippen LogP contribution in [0.3, 0.4) is 0 Å². The Bertz CT molecular complexity index is 1640. The van der Waals surface area contributed by atoms with Crippen molar-refractivity contribution in [2.45, 2.75) is 50.4 Å². The van der Waals surface area contributed by atoms with Crippen molar-refractivity contribution in [3.05, 3.63) is 48.5 Å². The maximum atomic E-state index is 12.0. The van der Waals surface area contributed by atoms with E-state index in [-0.39, 0.29) is 12.3 Å². The fraction of sp³-hybridized carbons (Fsp3) is 0.478. The second-order valence-corrected chi connectivity index (χ2v) is 14.4. The number of anilines is 1. The lowest BCUT2D eigenvalue weighted by molar-refractivity contribution is -0.0503. The highest BCUT2D eigenvalue weighted by Gasteiger charge is 2.47. The van der Waals surface area contributed by atoms with E-state index in [1.807, 2.05) is 30.3 Å². The molecule has 1 fully saturated rings. The number of carbonyl (C=O) groups excluding carboxylic acids is 1. The zero-order valence-electron chi connectivity index (χ0n) is 24.3. The van der Waals surface area contributed by atoms with E-state index in [1.54, 1.807) is 0 Å². The molecule has 0 bridgehead atoms. The Labute approximate surface area is 266 Å². The van der Waals surface area contributed by atoms with Crippen LogP contribution in [-0.2, 0) is 42.9 Å². The first-order valence-corrected chi connectivity index (χ1v) is 18.3. The van der Waals surface area contributed by atoms with Crippen LogP contribution in [0.5, 0.6) is 0 Å². The number of ether oxygens (including phenoxy) is 2. The van der Waals surface area contributed by atoms with E-state index in [2.05, 4.69) is 38.7 Å². The number of nitrogens with one attached hydrogen (secondary N) is 2. The first kappa shape index (κ1) is 37.0. The van der Waals surface area contributed by atoms with E-state index in [0.29, 0.717) is 30.8 Å². The maximum Gasteiger partial charge on any atom is 0.490 e. The molecule has 0 aliphatic carbocycles. The molecule has 1 aliphatic heterocycles. The van der Waals surface area contributed by atoms with Crippen molar-refractivity contribution >= 4 is 46.5 Å². The number of rotatable bonds is 17. The quantitative estimate of drug-likeness (QED) is 0.0718. The third-order valence-corrected chi connectivity index (χ3v) is 10.2. The number of phosphoric acid groups is 3. The molecule has 1 aromatic carbocycles. The summed E-state index contributed by atoms with van der Waals surface area (Å²) in [5.74, 6) is 0.369. The summed E-state index contributed by atoms with van der Waals surface area (Å²) in [7, 11) is -16.8. The first-order valence-electron chi connectivity index (χ1n) is 13.8. The molecule has 0 radical (unpaired) electrons. The van der Waals surface area contributed by atoms with Crippen LogP contribution in [0, 0.1) is 0 Å². The Balaban J connectivity index is 1.24. The number of unbranched alkanes of at least 4 members (excludes halogenated alkanes) is 2. The maximum absolute atomic E-state index is 12.0. The first-order chi connectivity index (χ1) is 22.1. The summed E-state index contributed by atoms with van der Waals surface area (Å²) in [5.41, 5.74) is 1.39. The molecule has 1 aliphatic rings. The average Bonchev–Trinajstić information content (AvgIpc) is 3.54. The Kier molecular flexibility index (Phi) is 12.6. The predicted molar refractivity (Wildman–Crippen MR) is 158 cm³/mol. The van der Waals surface area contributed by atoms with E-state index in [9.17, 15) is 38.5 Å². The molecule has 3 unspecified atom stereocenters. The largest absolute Gasteiger partial charge is 0.490 e. The number of imidazole rings is 1. The van der Waals surface area contributed by atoms with Gasteiger partial charge in [0.15, 0.2) is 23.2 Å². The smallest absolute Gasteiger partial charge is 0.445 e. The SMILES string of the molecule is O=C(NCCCCCNc1ncnc2c1ncn2C1O[C@H](COP(=O)(O)OP(=O)(O)OP(=O)(O)O)[C@@H](O)[C@H]1O)OCc1ccccc1. The molecule has 3 heterocycles. The lowest BCUT2D eigenvalue weighted by Gasteiger charge is -2.19. The van der Waals surface area contributed by atoms with E-state index in [0.717, 1.165) is 18.4 Å². The summed E-state index contributed by atoms with van der Waals surface area (Å²) in [6, 6.07) is 9.31. The van der Waals surface area contributed by atoms with Gasteiger partial charge in [0.25, 0.3) is 0 Å². The van der Waals surface area contributed by atoms with Crippen molar-refractivity contribution in [3.63, 3.8) is 0 Å². The number of carbonyl (C=O) groups is 1. The number of hydrogen-bond acceptors (Lipinski definition) is 15. The Morgan fingerprint density at radius 3 is 2.36 bits per heavy atom. The van der Waals surface area contributed by atoms with Gasteiger partial charge in [-0.2, -0.15) is 8.62 Å². The summed E-state index contributed by atoms with van der Waals surface area (Å²) in [5, 5.41) is 26.9. The highest BCUT2D eigenvalue weighted by molar-refractivity contribution is 7.66. The molecular formula is C23H33N6O15P3. The normalized spacial score (nSPS) is 22.4. The monoisotopic (exact) mass is 726 g/mol. The number of alkyl carbamates (subject to hydrolysis) is 1. The van der Waals surface area contributed by atoms with Crippen molar-refractivity contribution in [3.8, 4) is 0 Å². The molecule has 8 N–H and O–H groups in total. The number of aliphatic hydroxyl groups is 2. The van der Waals surface area contributed by atoms with Crippen LogP contribution in [0.15, 0.2) is 43.0 Å². The van der Waals surface area contributed by atoms with Gasteiger partial charge < -0.3 is 49.9 Å². The van der Waals surface area contributed by atoms with Crippen LogP contribution in [0.4, 0.5) is 10.6 Å². The highest BCUT2D eigenvalue weighted by atomic mass is 31.3. The van der Waals surface area contributed by atoms with Gasteiger partial charge in [0.2, 0.25) is 0 Å². The van der Waals surface area contributed by atoms with Gasteiger partial charge >= 0.3 is 29.6 Å². The van der Waals surface area contributed by atoms with Crippen LogP contribution in [0.25, 0.3) is 11.2 Å². The summed E-state index contributed by atoms with van der Waals surface area (Å²) in [6.45, 7) is 0.147. The molecule has 1 amide bonds. The molecule has 2 aromatic heterocycles. The number of benzene rings is 1. The predicted octanol–water partition coefficient (Wildman–Crippen LogP) is 1.30. The lowest BCUT2D eigenvalue weighted by atomic mass is 10.1. The van der Waals surface area contributed by atoms with Gasteiger partial charge in [-0.15, -0.1) is 0 Å². The molecule has 47 heavy (non-hydrogen) atoms. The summed E-state index contributed by atoms with van der Waals surface area (Å²) >= 11 is 0. The van der Waals surface area contributed by atoms with Crippen molar-refractivity contribution in [2.75, 3.05) is 25.0 Å². The zero-order chi connectivity index (χ0) is 34.2. The van der Waals surface area contributed by atoms with E-state index >= 15 is 0 Å². The van der Waals surface area contributed by atoms with Gasteiger partial charge in [-0.05, 0) is 24.8 Å². The molecule has 0 spiro atoms. The molecule has 21 nitrogen and oxygen atoms in total. The highest BCUT2D eigenvalue weighted by Crippen LogP contribution is 2.66. The van der Waals surface area contributed by atoms with Crippen molar-refractivity contribution in [1.29, 1.82) is 0 Å². The second kappa shape index (κ2) is 16.0. The third kappa shape index (κ3) is 11.1. The number of aromatic nitrogens is 4. The Morgan fingerprint density at radius 1 is 0.915 bits per heavy atom. The minimum Gasteiger partial charge on any atom is -0.445 e. The number of phosphoric ester groups is 1. The summed E-state index contributed by atoms with van der Waals surface area (Å²) in [6.07, 6.45) is -1.94. The van der Waals surface area contributed by atoms with Gasteiger partial charge in [-0.25, -0.2) is 33.4 Å². The van der Waals surface area contributed by atoms with E-state index < -0.39 is 60.7 Å². The fourth-order valence-electron chi connectivity index (χ4n) is 4.33. The topological polar surface area (TPSA) is 303 Å². The number of amides is 1. The zero-order valence-corrected chi connectivity index (χ0v) is 27.0. The van der Waals surface area contributed by atoms with Crippen molar-refractivity contribution in [2.24, 2.45) is 0 Å². The number of nitrogens with zero attached hydrogens (tertiary/aromatic N) is 4. The number of fused-ring (bicyclic) bond motifs is 1. The van der Waals surface area contributed by atoms with Gasteiger partial charge in [0.1, 0.15) is 31.2 Å². The Morgan fingerprint density at radius 2 is 1.64 bits per heavy atom. The molecule has 0 saturated carbocycles. The van der Waals surface area contributed by atoms with Crippen LogP contribution in [0.1, 0.15) is 31.1 Å². The number of aliphatic hydroxyl groups excluding tert-OH is 2. The summed E-state index contributed by atoms with van der Waals surface area (Å²) < 4.78 is 58.1. The third-order valence-electron chi connectivity index (χ3n) is 6.42. The van der Waals surface area contributed by atoms with Gasteiger partial charge in [0.05, 0.1) is 12.9 Å². The van der Waals surface area contributed by atoms with Crippen LogP contribution < -0.4 is 10.6 Å². The van der Waals surface area contributed by atoms with E-state index in [4.69, 9.17) is 19.3 Å². The Hall–Kier alpha value is -2.87. The standard InChI is InChI=1S/C23H33N6O15P3/c30-18-16(12-41-46(36,37)44-47(38,39)43-45(33,34)35)42-22(19(18)31)29-14-28-17-20(26-13-27-21(17)29)24-9-5-2-6-10-25-23(32)40-11-15-7-3-1-4-8-15/h1,3-4,7-8,13-14,16,18-19,22,30-31H,2,5-6,9-12H2,(H,25,32)(H,36,37)(H,38,39)(H,24,26,27)(H2,33,34,35)/t16-,18-,19-,22?/m1/s1. The molecule has 260 valence electrons. The number of hydrogen-bond donors (Lipinski definition) is 8. The lowest BCUT2D eigenvalue weighted by Crippen LogP contribution is -2.33. The molecular weight excluding hydrogens is 693 g/mol. The summed E-state index contributed by atoms with van der Waals surface area (Å²) in [4.78, 5) is 60.6. The van der Waals surface area contributed by atoms with Crippen molar-refractivity contribution < 1.29 is 70.9 Å². The minimum absolute atomic E-state index is 0.182. The van der Waals surface area contributed by atoms with Gasteiger partial charge in [-0.1, -0.05) is 30.3 Å².